The number of fused-ring (bicyclic) bond motifs is 5. The van der Waals surface area contributed by atoms with Gasteiger partial charge in [-0.3, -0.25) is 4.79 Å². The van der Waals surface area contributed by atoms with Crippen LogP contribution in [-0.4, -0.2) is 65.7 Å². The minimum atomic E-state index is -0.263. The fourth-order valence-electron chi connectivity index (χ4n) is 11.1. The highest BCUT2D eigenvalue weighted by molar-refractivity contribution is 5.73. The molecule has 0 aromatic heterocycles. The number of carbonyl (C=O) groups is 2. The van der Waals surface area contributed by atoms with E-state index in [9.17, 15) is 19.8 Å². The molecule has 0 bridgehead atoms. The summed E-state index contributed by atoms with van der Waals surface area (Å²) in [4.78, 5) is 26.5. The van der Waals surface area contributed by atoms with E-state index in [1.165, 1.54) is 25.7 Å². The van der Waals surface area contributed by atoms with Crippen LogP contribution < -0.4 is 0 Å². The number of piperidine rings is 1. The summed E-state index contributed by atoms with van der Waals surface area (Å²) in [5, 5.41) is 22.5. The Kier molecular flexibility index (Phi) is 9.36. The molecule has 0 aromatic rings. The summed E-state index contributed by atoms with van der Waals surface area (Å²) in [5.74, 6) is 2.96. The number of likely N-dealkylation sites (tertiary alicyclic amines) is 1. The van der Waals surface area contributed by atoms with Gasteiger partial charge in [0, 0.05) is 13.1 Å². The van der Waals surface area contributed by atoms with Crippen LogP contribution in [0.15, 0.2) is 0 Å². The van der Waals surface area contributed by atoms with Gasteiger partial charge in [-0.15, -0.1) is 0 Å². The Morgan fingerprint density at radius 2 is 1.59 bits per heavy atom. The molecule has 4 saturated carbocycles. The zero-order chi connectivity index (χ0) is 29.5. The van der Waals surface area contributed by atoms with E-state index in [1.54, 1.807) is 4.90 Å². The second-order valence-electron chi connectivity index (χ2n) is 15.0. The molecule has 5 aliphatic rings. The van der Waals surface area contributed by atoms with E-state index in [1.807, 2.05) is 6.92 Å². The molecule has 0 aromatic carbocycles. The molecule has 5 fully saturated rings. The summed E-state index contributed by atoms with van der Waals surface area (Å²) in [7, 11) is 0. The molecule has 1 heterocycles. The Hall–Kier alpha value is -1.34. The first-order valence-corrected chi connectivity index (χ1v) is 17.0. The molecule has 5 rings (SSSR count). The molecule has 3 unspecified atom stereocenters. The first-order valence-electron chi connectivity index (χ1n) is 17.0. The predicted molar refractivity (Wildman–Crippen MR) is 158 cm³/mol. The first-order chi connectivity index (χ1) is 19.5. The largest absolute Gasteiger partial charge is 0.466 e. The fourth-order valence-corrected chi connectivity index (χ4v) is 11.1. The van der Waals surface area contributed by atoms with Gasteiger partial charge in [0.25, 0.3) is 0 Å². The Bertz CT molecular complexity index is 934. The van der Waals surface area contributed by atoms with Crippen LogP contribution in [0.1, 0.15) is 105 Å². The molecule has 1 saturated heterocycles. The van der Waals surface area contributed by atoms with Crippen LogP contribution in [0.2, 0.25) is 0 Å². The molecule has 0 radical (unpaired) electrons. The molecule has 0 spiro atoms. The molecule has 1 amide bonds. The predicted octanol–water partition coefficient (Wildman–Crippen LogP) is 6.05. The van der Waals surface area contributed by atoms with Crippen molar-refractivity contribution in [2.45, 2.75) is 117 Å². The van der Waals surface area contributed by atoms with E-state index in [4.69, 9.17) is 9.47 Å². The monoisotopic (exact) mass is 575 g/mol. The van der Waals surface area contributed by atoms with E-state index in [-0.39, 0.29) is 46.9 Å². The molecule has 41 heavy (non-hydrogen) atoms. The van der Waals surface area contributed by atoms with Crippen LogP contribution in [0.25, 0.3) is 0 Å². The Balaban J connectivity index is 1.17. The molecule has 1 aliphatic heterocycles. The van der Waals surface area contributed by atoms with E-state index in [0.717, 1.165) is 32.1 Å². The summed E-state index contributed by atoms with van der Waals surface area (Å²) in [6.07, 6.45) is 10.1. The van der Waals surface area contributed by atoms with E-state index >= 15 is 0 Å². The maximum absolute atomic E-state index is 12.8. The zero-order valence-corrected chi connectivity index (χ0v) is 26.4. The van der Waals surface area contributed by atoms with Gasteiger partial charge in [-0.05, 0) is 123 Å². The van der Waals surface area contributed by atoms with Gasteiger partial charge in [0.15, 0.2) is 0 Å². The number of hydrogen-bond donors (Lipinski definition) is 2. The average Bonchev–Trinajstić information content (AvgIpc) is 3.31. The number of esters is 1. The quantitative estimate of drug-likeness (QED) is 0.359. The third kappa shape index (κ3) is 5.56. The normalized spacial score (nSPS) is 43.4. The number of hydrogen-bond acceptors (Lipinski definition) is 6. The van der Waals surface area contributed by atoms with Crippen molar-refractivity contribution in [2.24, 2.45) is 58.2 Å². The minimum absolute atomic E-state index is 0.112. The zero-order valence-electron chi connectivity index (χ0n) is 26.4. The number of aliphatic hydroxyl groups excluding tert-OH is 2. The van der Waals surface area contributed by atoms with Gasteiger partial charge in [0.1, 0.15) is 0 Å². The Morgan fingerprint density at radius 3 is 2.27 bits per heavy atom. The highest BCUT2D eigenvalue weighted by Crippen LogP contribution is 2.69. The lowest BCUT2D eigenvalue weighted by molar-refractivity contribution is -0.203. The SMILES string of the molecule is CCOC(=O)C1CCN(C(=O)OCC[C@@H](C)[C@H]2CC[C@H]3[C@@H]4[C@H](O)[C@H](CC)C5C[C@H](O)CCC5(C)[C@H]4CCC23C)CC1. The lowest BCUT2D eigenvalue weighted by Gasteiger charge is -2.64. The number of rotatable bonds is 7. The van der Waals surface area contributed by atoms with Gasteiger partial charge in [0.05, 0.1) is 31.3 Å². The lowest BCUT2D eigenvalue weighted by atomic mass is 9.41. The molecule has 2 N–H and O–H groups in total. The maximum atomic E-state index is 12.8. The minimum Gasteiger partial charge on any atom is -0.466 e. The van der Waals surface area contributed by atoms with Crippen molar-refractivity contribution >= 4 is 12.1 Å². The van der Waals surface area contributed by atoms with Crippen molar-refractivity contribution in [1.82, 2.24) is 4.90 Å². The first kappa shape index (κ1) is 31.1. The molecule has 7 heteroatoms. The van der Waals surface area contributed by atoms with Gasteiger partial charge in [-0.1, -0.05) is 34.1 Å². The third-order valence-electron chi connectivity index (χ3n) is 13.3. The van der Waals surface area contributed by atoms with Crippen LogP contribution in [-0.2, 0) is 14.3 Å². The molecule has 4 aliphatic carbocycles. The molecule has 7 nitrogen and oxygen atoms in total. The molecular formula is C34H57NO6. The average molecular weight is 576 g/mol. The van der Waals surface area contributed by atoms with Crippen molar-refractivity contribution in [1.29, 1.82) is 0 Å². The van der Waals surface area contributed by atoms with Gasteiger partial charge in [0.2, 0.25) is 0 Å². The smallest absolute Gasteiger partial charge is 0.409 e. The van der Waals surface area contributed by atoms with Gasteiger partial charge < -0.3 is 24.6 Å². The number of ether oxygens (including phenoxy) is 2. The van der Waals surface area contributed by atoms with Crippen LogP contribution in [0.3, 0.4) is 0 Å². The number of carbonyl (C=O) groups excluding carboxylic acids is 2. The van der Waals surface area contributed by atoms with Gasteiger partial charge >= 0.3 is 12.1 Å². The molecule has 234 valence electrons. The van der Waals surface area contributed by atoms with Crippen LogP contribution in [0.4, 0.5) is 4.79 Å². The van der Waals surface area contributed by atoms with Crippen LogP contribution >= 0.6 is 0 Å². The van der Waals surface area contributed by atoms with E-state index in [2.05, 4.69) is 27.7 Å². The van der Waals surface area contributed by atoms with E-state index in [0.29, 0.717) is 74.7 Å². The molecular weight excluding hydrogens is 518 g/mol. The molecule has 11 atom stereocenters. The highest BCUT2D eigenvalue weighted by Gasteiger charge is 2.64. The third-order valence-corrected chi connectivity index (χ3v) is 13.3. The summed E-state index contributed by atoms with van der Waals surface area (Å²) in [6, 6.07) is 0. The second kappa shape index (κ2) is 12.3. The second-order valence-corrected chi connectivity index (χ2v) is 15.0. The lowest BCUT2D eigenvalue weighted by Crippen LogP contribution is -2.62. The Labute approximate surface area is 248 Å². The van der Waals surface area contributed by atoms with Gasteiger partial charge in [-0.2, -0.15) is 0 Å². The number of aliphatic hydroxyl groups is 2. The Morgan fingerprint density at radius 1 is 0.902 bits per heavy atom. The van der Waals surface area contributed by atoms with Crippen molar-refractivity contribution in [3.8, 4) is 0 Å². The van der Waals surface area contributed by atoms with Crippen molar-refractivity contribution < 1.29 is 29.3 Å². The summed E-state index contributed by atoms with van der Waals surface area (Å²) < 4.78 is 10.9. The maximum Gasteiger partial charge on any atom is 0.409 e. The summed E-state index contributed by atoms with van der Waals surface area (Å²) in [5.41, 5.74) is 0.448. The van der Waals surface area contributed by atoms with Crippen molar-refractivity contribution in [3.05, 3.63) is 0 Å². The number of nitrogens with zero attached hydrogens (tertiary/aromatic N) is 1. The number of amides is 1. The van der Waals surface area contributed by atoms with Crippen molar-refractivity contribution in [2.75, 3.05) is 26.3 Å². The van der Waals surface area contributed by atoms with Crippen LogP contribution in [0.5, 0.6) is 0 Å². The summed E-state index contributed by atoms with van der Waals surface area (Å²) >= 11 is 0. The topological polar surface area (TPSA) is 96.3 Å². The highest BCUT2D eigenvalue weighted by atomic mass is 16.6. The fraction of sp³-hybridized carbons (Fsp3) is 0.941. The van der Waals surface area contributed by atoms with E-state index < -0.39 is 0 Å². The van der Waals surface area contributed by atoms with Gasteiger partial charge in [-0.25, -0.2) is 4.79 Å². The summed E-state index contributed by atoms with van der Waals surface area (Å²) in [6.45, 7) is 13.3. The van der Waals surface area contributed by atoms with Crippen molar-refractivity contribution in [3.63, 3.8) is 0 Å². The standard InChI is InChI=1S/C34H57NO6/c1-6-24-28-20-23(36)10-15-34(28,5)27-11-16-33(4)25(8-9-26(33)29(27)30(24)37)21(3)14-19-41-32(39)35-17-12-22(13-18-35)31(38)40-7-2/h21-30,36-37H,6-20H2,1-5H3/t21-,23-,24-,25-,26+,27+,28?,29+,30-,33?,34?/m1/s1. The van der Waals surface area contributed by atoms with Crippen LogP contribution in [0, 0.1) is 58.2 Å².